The Morgan fingerprint density at radius 2 is 1.74 bits per heavy atom. The first-order valence-electron chi connectivity index (χ1n) is 8.16. The van der Waals surface area contributed by atoms with Gasteiger partial charge in [0.1, 0.15) is 6.04 Å². The summed E-state index contributed by atoms with van der Waals surface area (Å²) in [4.78, 5) is 35.0. The number of alkyl halides is 3. The molecule has 0 saturated carbocycles. The quantitative estimate of drug-likeness (QED) is 0.701. The Labute approximate surface area is 155 Å². The van der Waals surface area contributed by atoms with E-state index in [9.17, 15) is 27.6 Å². The van der Waals surface area contributed by atoms with Gasteiger partial charge in [-0.15, -0.1) is 0 Å². The lowest BCUT2D eigenvalue weighted by atomic mass is 9.83. The van der Waals surface area contributed by atoms with E-state index in [0.717, 1.165) is 19.2 Å². The fraction of sp³-hybridized carbons (Fsp3) is 0.500. The molecular weight excluding hydrogens is 365 g/mol. The van der Waals surface area contributed by atoms with Gasteiger partial charge in [-0.05, 0) is 11.6 Å². The molecule has 1 aromatic carbocycles. The van der Waals surface area contributed by atoms with E-state index in [-0.39, 0.29) is 13.0 Å². The van der Waals surface area contributed by atoms with Crippen molar-refractivity contribution in [2.24, 2.45) is 0 Å². The van der Waals surface area contributed by atoms with Crippen molar-refractivity contribution in [3.05, 3.63) is 35.4 Å². The highest BCUT2D eigenvalue weighted by atomic mass is 19.4. The van der Waals surface area contributed by atoms with Gasteiger partial charge in [-0.2, -0.15) is 13.2 Å². The van der Waals surface area contributed by atoms with Crippen molar-refractivity contribution in [2.75, 3.05) is 13.7 Å². The summed E-state index contributed by atoms with van der Waals surface area (Å²) in [6.45, 7) is 4.56. The van der Waals surface area contributed by atoms with Crippen molar-refractivity contribution < 1.29 is 32.3 Å². The number of benzene rings is 1. The molecular formula is C18H23F3N2O4. The van der Waals surface area contributed by atoms with Gasteiger partial charge in [0, 0.05) is 18.9 Å². The molecule has 6 nitrogen and oxygen atoms in total. The zero-order chi connectivity index (χ0) is 20.8. The maximum Gasteiger partial charge on any atom is 0.416 e. The van der Waals surface area contributed by atoms with Gasteiger partial charge >= 0.3 is 12.1 Å². The summed E-state index contributed by atoms with van der Waals surface area (Å²) in [5, 5.41) is 4.92. The second kappa shape index (κ2) is 8.88. The summed E-state index contributed by atoms with van der Waals surface area (Å²) in [5.74, 6) is -1.81. The maximum absolute atomic E-state index is 12.9. The van der Waals surface area contributed by atoms with Gasteiger partial charge in [-0.25, -0.2) is 0 Å². The standard InChI is InChI=1S/C18H23F3N2O4/c1-11(24)23-14(9-15(25)27-4)16(26)22-10-17(2,3)12-6-5-7-13(8-12)18(19,20)21/h5-8,14H,9-10H2,1-4H3,(H,22,26)(H,23,24)/t14-/m0/s1. The molecule has 0 aliphatic rings. The van der Waals surface area contributed by atoms with Gasteiger partial charge < -0.3 is 15.4 Å². The number of hydrogen-bond acceptors (Lipinski definition) is 4. The number of hydrogen-bond donors (Lipinski definition) is 2. The predicted molar refractivity (Wildman–Crippen MR) is 91.7 cm³/mol. The molecule has 0 saturated heterocycles. The lowest BCUT2D eigenvalue weighted by Crippen LogP contribution is -2.49. The first-order chi connectivity index (χ1) is 12.4. The van der Waals surface area contributed by atoms with Gasteiger partial charge in [-0.1, -0.05) is 32.0 Å². The smallest absolute Gasteiger partial charge is 0.416 e. The molecule has 0 unspecified atom stereocenters. The third kappa shape index (κ3) is 6.92. The summed E-state index contributed by atoms with van der Waals surface area (Å²) in [7, 11) is 1.15. The molecule has 1 aromatic rings. The van der Waals surface area contributed by atoms with E-state index in [1.54, 1.807) is 19.9 Å². The Kier molecular flexibility index (Phi) is 7.38. The highest BCUT2D eigenvalue weighted by Gasteiger charge is 2.32. The molecule has 0 spiro atoms. The first-order valence-corrected chi connectivity index (χ1v) is 8.16. The number of carbonyl (C=O) groups is 3. The van der Waals surface area contributed by atoms with Gasteiger partial charge in [-0.3, -0.25) is 14.4 Å². The molecule has 0 fully saturated rings. The molecule has 2 amide bonds. The van der Waals surface area contributed by atoms with Crippen molar-refractivity contribution >= 4 is 17.8 Å². The number of halogens is 3. The molecule has 150 valence electrons. The second-order valence-electron chi connectivity index (χ2n) is 6.71. The molecule has 0 aliphatic carbocycles. The third-order valence-corrected chi connectivity index (χ3v) is 3.97. The van der Waals surface area contributed by atoms with Crippen LogP contribution in [0.1, 0.15) is 38.3 Å². The van der Waals surface area contributed by atoms with E-state index < -0.39 is 41.0 Å². The second-order valence-corrected chi connectivity index (χ2v) is 6.71. The van der Waals surface area contributed by atoms with Crippen LogP contribution < -0.4 is 10.6 Å². The first kappa shape index (κ1) is 22.5. The Morgan fingerprint density at radius 1 is 1.15 bits per heavy atom. The van der Waals surface area contributed by atoms with Gasteiger partial charge in [0.25, 0.3) is 0 Å². The topological polar surface area (TPSA) is 84.5 Å². The van der Waals surface area contributed by atoms with E-state index >= 15 is 0 Å². The minimum atomic E-state index is -4.47. The van der Waals surface area contributed by atoms with Crippen molar-refractivity contribution in [1.29, 1.82) is 0 Å². The molecule has 0 aliphatic heterocycles. The molecule has 0 heterocycles. The highest BCUT2D eigenvalue weighted by molar-refractivity contribution is 5.90. The lowest BCUT2D eigenvalue weighted by molar-refractivity contribution is -0.143. The highest BCUT2D eigenvalue weighted by Crippen LogP contribution is 2.32. The SMILES string of the molecule is COC(=O)C[C@H](NC(C)=O)C(=O)NCC(C)(C)c1cccc(C(F)(F)F)c1. The molecule has 9 heteroatoms. The van der Waals surface area contributed by atoms with Crippen LogP contribution in [0.15, 0.2) is 24.3 Å². The van der Waals surface area contributed by atoms with Gasteiger partial charge in [0.15, 0.2) is 0 Å². The van der Waals surface area contributed by atoms with Crippen molar-refractivity contribution in [3.8, 4) is 0 Å². The Morgan fingerprint density at radius 3 is 2.26 bits per heavy atom. The van der Waals surface area contributed by atoms with Gasteiger partial charge in [0.05, 0.1) is 19.1 Å². The van der Waals surface area contributed by atoms with E-state index in [0.29, 0.717) is 5.56 Å². The fourth-order valence-electron chi connectivity index (χ4n) is 2.35. The third-order valence-electron chi connectivity index (χ3n) is 3.97. The molecule has 27 heavy (non-hydrogen) atoms. The molecule has 0 radical (unpaired) electrons. The Balaban J connectivity index is 2.88. The maximum atomic E-state index is 12.9. The average Bonchev–Trinajstić information content (AvgIpc) is 2.58. The number of amides is 2. The lowest BCUT2D eigenvalue weighted by Gasteiger charge is -2.27. The monoisotopic (exact) mass is 388 g/mol. The number of esters is 1. The van der Waals surface area contributed by atoms with Crippen molar-refractivity contribution in [3.63, 3.8) is 0 Å². The Bertz CT molecular complexity index is 702. The largest absolute Gasteiger partial charge is 0.469 e. The summed E-state index contributed by atoms with van der Waals surface area (Å²) in [6, 6.07) is 3.72. The average molecular weight is 388 g/mol. The van der Waals surface area contributed by atoms with Crippen LogP contribution in [0.5, 0.6) is 0 Å². The van der Waals surface area contributed by atoms with E-state index in [1.807, 2.05) is 0 Å². The minimum Gasteiger partial charge on any atom is -0.469 e. The van der Waals surface area contributed by atoms with Crippen LogP contribution in [0.4, 0.5) is 13.2 Å². The van der Waals surface area contributed by atoms with E-state index in [4.69, 9.17) is 0 Å². The van der Waals surface area contributed by atoms with E-state index in [1.165, 1.54) is 13.0 Å². The van der Waals surface area contributed by atoms with Crippen LogP contribution in [-0.2, 0) is 30.7 Å². The fourth-order valence-corrected chi connectivity index (χ4v) is 2.35. The van der Waals surface area contributed by atoms with Crippen molar-refractivity contribution in [2.45, 2.75) is 44.8 Å². The van der Waals surface area contributed by atoms with E-state index in [2.05, 4.69) is 15.4 Å². The van der Waals surface area contributed by atoms with Crippen molar-refractivity contribution in [1.82, 2.24) is 10.6 Å². The number of rotatable bonds is 7. The summed E-state index contributed by atoms with van der Waals surface area (Å²) in [5.41, 5.74) is -1.20. The molecule has 1 rings (SSSR count). The molecule has 1 atom stereocenters. The van der Waals surface area contributed by atoms with Crippen LogP contribution in [-0.4, -0.2) is 37.5 Å². The normalized spacial score (nSPS) is 12.9. The van der Waals surface area contributed by atoms with Crippen LogP contribution in [0.25, 0.3) is 0 Å². The predicted octanol–water partition coefficient (Wildman–Crippen LogP) is 2.17. The van der Waals surface area contributed by atoms with Crippen LogP contribution in [0.2, 0.25) is 0 Å². The summed E-state index contributed by atoms with van der Waals surface area (Å²) < 4.78 is 43.2. The number of ether oxygens (including phenoxy) is 1. The summed E-state index contributed by atoms with van der Waals surface area (Å²) in [6.07, 6.45) is -4.82. The number of methoxy groups -OCH3 is 1. The zero-order valence-corrected chi connectivity index (χ0v) is 15.6. The summed E-state index contributed by atoms with van der Waals surface area (Å²) >= 11 is 0. The van der Waals surface area contributed by atoms with Gasteiger partial charge in [0.2, 0.25) is 11.8 Å². The molecule has 0 bridgehead atoms. The number of carbonyl (C=O) groups excluding carboxylic acids is 3. The number of nitrogens with one attached hydrogen (secondary N) is 2. The molecule has 0 aromatic heterocycles. The minimum absolute atomic E-state index is 0.00437. The zero-order valence-electron chi connectivity index (χ0n) is 15.6. The van der Waals surface area contributed by atoms with Crippen LogP contribution in [0, 0.1) is 0 Å². The Hall–Kier alpha value is -2.58. The molecule has 2 N–H and O–H groups in total. The van der Waals surface area contributed by atoms with Crippen LogP contribution in [0.3, 0.4) is 0 Å². The van der Waals surface area contributed by atoms with Crippen LogP contribution >= 0.6 is 0 Å².